The Hall–Kier alpha value is -1.01. The summed E-state index contributed by atoms with van der Waals surface area (Å²) in [6.07, 6.45) is 6.39. The minimum absolute atomic E-state index is 0.314. The van der Waals surface area contributed by atoms with Crippen LogP contribution in [0.4, 0.5) is 0 Å². The normalized spacial score (nSPS) is 18.3. The van der Waals surface area contributed by atoms with E-state index >= 15 is 0 Å². The first-order valence-corrected chi connectivity index (χ1v) is 7.38. The molecule has 0 N–H and O–H groups in total. The molecule has 3 rings (SSSR count). The van der Waals surface area contributed by atoms with Crippen molar-refractivity contribution in [3.8, 4) is 0 Å². The summed E-state index contributed by atoms with van der Waals surface area (Å²) >= 11 is 6.57. The minimum Gasteiger partial charge on any atom is -0.122 e. The van der Waals surface area contributed by atoms with Crippen LogP contribution >= 0.6 is 11.6 Å². The molecule has 0 spiro atoms. The van der Waals surface area contributed by atoms with Gasteiger partial charge in [0.1, 0.15) is 0 Å². The second-order valence-corrected chi connectivity index (χ2v) is 6.01. The largest absolute Gasteiger partial charge is 0.122 e. The Kier molecular flexibility index (Phi) is 3.56. The summed E-state index contributed by atoms with van der Waals surface area (Å²) in [5.41, 5.74) is 1.38. The van der Waals surface area contributed by atoms with Crippen molar-refractivity contribution in [2.24, 2.45) is 5.92 Å². The van der Waals surface area contributed by atoms with Gasteiger partial charge in [-0.2, -0.15) is 0 Å². The average molecular weight is 259 g/mol. The van der Waals surface area contributed by atoms with Gasteiger partial charge in [-0.15, -0.1) is 11.6 Å². The first kappa shape index (κ1) is 12.0. The highest BCUT2D eigenvalue weighted by molar-refractivity contribution is 6.21. The number of fused-ring (bicyclic) bond motifs is 1. The van der Waals surface area contributed by atoms with Crippen LogP contribution in [0.1, 0.15) is 31.2 Å². The van der Waals surface area contributed by atoms with E-state index in [2.05, 4.69) is 42.5 Å². The maximum atomic E-state index is 6.57. The minimum atomic E-state index is 0.314. The van der Waals surface area contributed by atoms with E-state index in [1.165, 1.54) is 42.0 Å². The fraction of sp³-hybridized carbons (Fsp3) is 0.412. The molecule has 94 valence electrons. The zero-order chi connectivity index (χ0) is 12.4. The molecule has 0 aliphatic heterocycles. The van der Waals surface area contributed by atoms with Gasteiger partial charge in [0.2, 0.25) is 0 Å². The third kappa shape index (κ3) is 2.54. The first-order valence-electron chi connectivity index (χ1n) is 6.95. The lowest BCUT2D eigenvalue weighted by molar-refractivity contribution is 0.512. The third-order valence-electron chi connectivity index (χ3n) is 4.16. The molecule has 0 amide bonds. The Labute approximate surface area is 114 Å². The van der Waals surface area contributed by atoms with Crippen LogP contribution in [0.25, 0.3) is 10.8 Å². The van der Waals surface area contributed by atoms with Crippen molar-refractivity contribution in [2.75, 3.05) is 0 Å². The highest BCUT2D eigenvalue weighted by Crippen LogP contribution is 2.32. The van der Waals surface area contributed by atoms with E-state index in [0.29, 0.717) is 5.38 Å². The summed E-state index contributed by atoms with van der Waals surface area (Å²) in [7, 11) is 0. The monoisotopic (exact) mass is 258 g/mol. The number of benzene rings is 2. The fourth-order valence-electron chi connectivity index (χ4n) is 3.08. The molecular formula is C17H19Cl. The average Bonchev–Trinajstić information content (AvgIpc) is 2.92. The Morgan fingerprint density at radius 3 is 2.50 bits per heavy atom. The Bertz CT molecular complexity index is 526. The maximum Gasteiger partial charge on any atom is 0.0404 e. The molecular weight excluding hydrogens is 240 g/mol. The van der Waals surface area contributed by atoms with Crippen molar-refractivity contribution >= 4 is 22.4 Å². The van der Waals surface area contributed by atoms with Crippen LogP contribution in [-0.4, -0.2) is 5.38 Å². The number of hydrogen-bond acceptors (Lipinski definition) is 0. The van der Waals surface area contributed by atoms with Gasteiger partial charge >= 0.3 is 0 Å². The zero-order valence-corrected chi connectivity index (χ0v) is 11.4. The van der Waals surface area contributed by atoms with Crippen LogP contribution in [0, 0.1) is 5.92 Å². The van der Waals surface area contributed by atoms with Gasteiger partial charge in [0.05, 0.1) is 0 Å². The van der Waals surface area contributed by atoms with Gasteiger partial charge in [0, 0.05) is 5.38 Å². The summed E-state index contributed by atoms with van der Waals surface area (Å²) in [5, 5.41) is 2.95. The molecule has 1 heteroatoms. The summed E-state index contributed by atoms with van der Waals surface area (Å²) in [6.45, 7) is 0. The van der Waals surface area contributed by atoms with Gasteiger partial charge in [-0.1, -0.05) is 55.3 Å². The Balaban J connectivity index is 1.77. The summed E-state index contributed by atoms with van der Waals surface area (Å²) in [4.78, 5) is 0. The summed E-state index contributed by atoms with van der Waals surface area (Å²) < 4.78 is 0. The van der Waals surface area contributed by atoms with Crippen molar-refractivity contribution in [2.45, 2.75) is 37.5 Å². The lowest BCUT2D eigenvalue weighted by Crippen LogP contribution is -2.14. The van der Waals surface area contributed by atoms with Crippen molar-refractivity contribution in [1.29, 1.82) is 0 Å². The molecule has 0 bridgehead atoms. The highest BCUT2D eigenvalue weighted by Gasteiger charge is 2.23. The zero-order valence-electron chi connectivity index (χ0n) is 10.6. The molecule has 1 saturated carbocycles. The third-order valence-corrected chi connectivity index (χ3v) is 4.67. The van der Waals surface area contributed by atoms with E-state index in [9.17, 15) is 0 Å². The molecule has 18 heavy (non-hydrogen) atoms. The van der Waals surface area contributed by atoms with Gasteiger partial charge in [-0.3, -0.25) is 0 Å². The van der Waals surface area contributed by atoms with Crippen molar-refractivity contribution in [3.63, 3.8) is 0 Å². The van der Waals surface area contributed by atoms with E-state index in [0.717, 1.165) is 12.3 Å². The molecule has 0 aromatic heterocycles. The topological polar surface area (TPSA) is 0 Å². The van der Waals surface area contributed by atoms with Gasteiger partial charge < -0.3 is 0 Å². The van der Waals surface area contributed by atoms with E-state index in [-0.39, 0.29) is 0 Å². The number of alkyl halides is 1. The Morgan fingerprint density at radius 2 is 1.72 bits per heavy atom. The van der Waals surface area contributed by atoms with Crippen molar-refractivity contribution in [1.82, 2.24) is 0 Å². The fourth-order valence-corrected chi connectivity index (χ4v) is 3.51. The maximum absolute atomic E-state index is 6.57. The SMILES string of the molecule is ClC(Cc1ccc2ccccc2c1)C1CCCC1. The Morgan fingerprint density at radius 1 is 1.00 bits per heavy atom. The van der Waals surface area contributed by atoms with Crippen LogP contribution in [0.2, 0.25) is 0 Å². The molecule has 0 saturated heterocycles. The smallest absolute Gasteiger partial charge is 0.0404 e. The number of hydrogen-bond donors (Lipinski definition) is 0. The molecule has 1 aliphatic rings. The van der Waals surface area contributed by atoms with Gasteiger partial charge in [0.25, 0.3) is 0 Å². The van der Waals surface area contributed by atoms with Crippen molar-refractivity contribution in [3.05, 3.63) is 48.0 Å². The van der Waals surface area contributed by atoms with Gasteiger partial charge in [-0.25, -0.2) is 0 Å². The highest BCUT2D eigenvalue weighted by atomic mass is 35.5. The first-order chi connectivity index (χ1) is 8.83. The second kappa shape index (κ2) is 5.32. The van der Waals surface area contributed by atoms with Crippen LogP contribution in [-0.2, 0) is 6.42 Å². The van der Waals surface area contributed by atoms with Crippen LogP contribution < -0.4 is 0 Å². The quantitative estimate of drug-likeness (QED) is 0.666. The lowest BCUT2D eigenvalue weighted by Gasteiger charge is -2.16. The van der Waals surface area contributed by atoms with Gasteiger partial charge in [0.15, 0.2) is 0 Å². The van der Waals surface area contributed by atoms with Crippen LogP contribution in [0.15, 0.2) is 42.5 Å². The lowest BCUT2D eigenvalue weighted by atomic mass is 9.96. The van der Waals surface area contributed by atoms with Crippen LogP contribution in [0.3, 0.4) is 0 Å². The van der Waals surface area contributed by atoms with Gasteiger partial charge in [-0.05, 0) is 41.5 Å². The molecule has 1 aliphatic carbocycles. The van der Waals surface area contributed by atoms with Crippen molar-refractivity contribution < 1.29 is 0 Å². The number of halogens is 1. The molecule has 0 heterocycles. The summed E-state index contributed by atoms with van der Waals surface area (Å²) in [5.74, 6) is 0.734. The molecule has 0 radical (unpaired) electrons. The standard InChI is InChI=1S/C17H19Cl/c18-17(15-6-2-3-7-15)12-13-9-10-14-5-1-4-8-16(14)11-13/h1,4-5,8-11,15,17H,2-3,6-7,12H2. The second-order valence-electron chi connectivity index (χ2n) is 5.45. The molecule has 1 fully saturated rings. The van der Waals surface area contributed by atoms with E-state index in [1.807, 2.05) is 0 Å². The number of rotatable bonds is 3. The van der Waals surface area contributed by atoms with E-state index in [4.69, 9.17) is 11.6 Å². The molecule has 1 atom stereocenters. The predicted octanol–water partition coefficient (Wildman–Crippen LogP) is 5.18. The summed E-state index contributed by atoms with van der Waals surface area (Å²) in [6, 6.07) is 15.3. The molecule has 1 unspecified atom stereocenters. The predicted molar refractivity (Wildman–Crippen MR) is 79.3 cm³/mol. The molecule has 0 nitrogen and oxygen atoms in total. The van der Waals surface area contributed by atoms with Crippen LogP contribution in [0.5, 0.6) is 0 Å². The van der Waals surface area contributed by atoms with E-state index < -0.39 is 0 Å². The van der Waals surface area contributed by atoms with E-state index in [1.54, 1.807) is 0 Å². The molecule has 2 aromatic carbocycles. The molecule has 2 aromatic rings.